The summed E-state index contributed by atoms with van der Waals surface area (Å²) >= 11 is 2.28. The van der Waals surface area contributed by atoms with E-state index >= 15 is 0 Å². The molecule has 4 nitrogen and oxygen atoms in total. The maximum Gasteiger partial charge on any atom is 0.135 e. The molecule has 1 aliphatic heterocycles. The third-order valence-corrected chi connectivity index (χ3v) is 4.96. The van der Waals surface area contributed by atoms with Crippen LogP contribution in [0.3, 0.4) is 0 Å². The largest absolute Gasteiger partial charge is 0.383 e. The summed E-state index contributed by atoms with van der Waals surface area (Å²) in [6.45, 7) is 8.85. The van der Waals surface area contributed by atoms with Crippen molar-refractivity contribution in [2.75, 3.05) is 18.8 Å². The molecule has 2 N–H and O–H groups in total. The number of likely N-dealkylation sites (tertiary alicyclic amines) is 1. The van der Waals surface area contributed by atoms with E-state index in [-0.39, 0.29) is 0 Å². The number of halogens is 1. The molecule has 1 aromatic heterocycles. The van der Waals surface area contributed by atoms with E-state index in [1.807, 2.05) is 11.6 Å². The highest BCUT2D eigenvalue weighted by Crippen LogP contribution is 2.28. The monoisotopic (exact) mass is 348 g/mol. The Kier molecular flexibility index (Phi) is 3.97. The van der Waals surface area contributed by atoms with E-state index in [1.165, 1.54) is 0 Å². The van der Waals surface area contributed by atoms with Gasteiger partial charge in [-0.3, -0.25) is 0 Å². The van der Waals surface area contributed by atoms with Crippen LogP contribution in [-0.4, -0.2) is 33.8 Å². The fourth-order valence-electron chi connectivity index (χ4n) is 2.47. The minimum absolute atomic E-state index is 0.479. The van der Waals surface area contributed by atoms with Crippen molar-refractivity contribution >= 4 is 28.4 Å². The topological polar surface area (TPSA) is 47.1 Å². The molecule has 0 aromatic carbocycles. The predicted molar refractivity (Wildman–Crippen MR) is 79.1 cm³/mol. The number of aromatic nitrogens is 2. The summed E-state index contributed by atoms with van der Waals surface area (Å²) < 4.78 is 3.14. The van der Waals surface area contributed by atoms with Crippen LogP contribution in [0.4, 0.5) is 5.82 Å². The van der Waals surface area contributed by atoms with E-state index in [1.54, 1.807) is 0 Å². The first kappa shape index (κ1) is 13.1. The lowest BCUT2D eigenvalue weighted by Gasteiger charge is -2.34. The first-order valence-electron chi connectivity index (χ1n) is 6.24. The van der Waals surface area contributed by atoms with E-state index in [9.17, 15) is 0 Å². The summed E-state index contributed by atoms with van der Waals surface area (Å²) in [7, 11) is 0. The lowest BCUT2D eigenvalue weighted by atomic mass is 10.0. The minimum atomic E-state index is 0.479. The zero-order valence-corrected chi connectivity index (χ0v) is 12.9. The first-order valence-corrected chi connectivity index (χ1v) is 7.32. The van der Waals surface area contributed by atoms with Gasteiger partial charge in [0.2, 0.25) is 0 Å². The molecule has 0 amide bonds. The van der Waals surface area contributed by atoms with Gasteiger partial charge in [0.1, 0.15) is 5.82 Å². The van der Waals surface area contributed by atoms with Crippen LogP contribution in [0.5, 0.6) is 0 Å². The Balaban J connectivity index is 2.08. The van der Waals surface area contributed by atoms with E-state index in [0.717, 1.165) is 41.0 Å². The molecule has 2 rings (SSSR count). The molecule has 0 unspecified atom stereocenters. The molecule has 1 fully saturated rings. The van der Waals surface area contributed by atoms with Gasteiger partial charge in [-0.25, -0.2) is 4.68 Å². The normalized spacial score (nSPS) is 19.1. The Bertz CT molecular complexity index is 391. The number of aryl methyl sites for hydroxylation is 1. The number of nitrogens with two attached hydrogens (primary N) is 1. The van der Waals surface area contributed by atoms with Crippen LogP contribution in [0, 0.1) is 10.5 Å². The lowest BCUT2D eigenvalue weighted by Crippen LogP contribution is -2.39. The number of piperidine rings is 1. The van der Waals surface area contributed by atoms with Crippen molar-refractivity contribution in [1.82, 2.24) is 14.7 Å². The van der Waals surface area contributed by atoms with Crippen molar-refractivity contribution in [2.24, 2.45) is 0 Å². The van der Waals surface area contributed by atoms with Crippen molar-refractivity contribution in [2.45, 2.75) is 45.7 Å². The number of nitrogen functional groups attached to an aromatic ring is 1. The standard InChI is InChI=1S/C12H21IN4/c1-8(2)16-6-4-10(5-7-16)17-12(14)11(13)9(3)15-17/h8,10H,4-7,14H2,1-3H3. The van der Waals surface area contributed by atoms with Crippen molar-refractivity contribution in [1.29, 1.82) is 0 Å². The summed E-state index contributed by atoms with van der Waals surface area (Å²) in [6, 6.07) is 1.13. The molecule has 1 aliphatic rings. The zero-order valence-electron chi connectivity index (χ0n) is 10.8. The van der Waals surface area contributed by atoms with Gasteiger partial charge in [0.15, 0.2) is 0 Å². The molecule has 0 radical (unpaired) electrons. The van der Waals surface area contributed by atoms with Gasteiger partial charge in [-0.1, -0.05) is 0 Å². The molecule has 0 spiro atoms. The number of anilines is 1. The molecule has 0 saturated carbocycles. The number of rotatable bonds is 2. The number of hydrogen-bond donors (Lipinski definition) is 1. The van der Waals surface area contributed by atoms with Crippen molar-refractivity contribution in [3.8, 4) is 0 Å². The Morgan fingerprint density at radius 2 is 1.94 bits per heavy atom. The predicted octanol–water partition coefficient (Wildman–Crippen LogP) is 2.42. The van der Waals surface area contributed by atoms with Crippen molar-refractivity contribution in [3.63, 3.8) is 0 Å². The highest BCUT2D eigenvalue weighted by molar-refractivity contribution is 14.1. The summed E-state index contributed by atoms with van der Waals surface area (Å²) in [5.41, 5.74) is 7.16. The molecule has 17 heavy (non-hydrogen) atoms. The minimum Gasteiger partial charge on any atom is -0.383 e. The second-order valence-electron chi connectivity index (χ2n) is 5.09. The van der Waals surface area contributed by atoms with E-state index in [2.05, 4.69) is 46.4 Å². The Morgan fingerprint density at radius 1 is 1.35 bits per heavy atom. The fraction of sp³-hybridized carbons (Fsp3) is 0.750. The molecular weight excluding hydrogens is 327 g/mol. The lowest BCUT2D eigenvalue weighted by molar-refractivity contribution is 0.148. The van der Waals surface area contributed by atoms with Gasteiger partial charge in [-0.05, 0) is 56.2 Å². The average molecular weight is 348 g/mol. The average Bonchev–Trinajstić information content (AvgIpc) is 2.57. The molecular formula is C12H21IN4. The van der Waals surface area contributed by atoms with Crippen LogP contribution in [0.1, 0.15) is 38.4 Å². The Morgan fingerprint density at radius 3 is 2.35 bits per heavy atom. The molecule has 5 heteroatoms. The highest BCUT2D eigenvalue weighted by Gasteiger charge is 2.24. The van der Waals surface area contributed by atoms with Gasteiger partial charge >= 0.3 is 0 Å². The molecule has 2 heterocycles. The zero-order chi connectivity index (χ0) is 12.6. The number of hydrogen-bond acceptors (Lipinski definition) is 3. The van der Waals surface area contributed by atoms with Crippen LogP contribution < -0.4 is 5.73 Å². The summed E-state index contributed by atoms with van der Waals surface area (Å²) in [5.74, 6) is 0.839. The van der Waals surface area contributed by atoms with E-state index in [0.29, 0.717) is 12.1 Å². The third kappa shape index (κ3) is 2.59. The third-order valence-electron chi connectivity index (χ3n) is 3.62. The molecule has 1 aromatic rings. The van der Waals surface area contributed by atoms with Gasteiger partial charge in [-0.2, -0.15) is 5.10 Å². The van der Waals surface area contributed by atoms with Crippen LogP contribution in [0.2, 0.25) is 0 Å². The maximum atomic E-state index is 6.11. The van der Waals surface area contributed by atoms with Gasteiger partial charge in [0.25, 0.3) is 0 Å². The highest BCUT2D eigenvalue weighted by atomic mass is 127. The van der Waals surface area contributed by atoms with Gasteiger partial charge < -0.3 is 10.6 Å². The van der Waals surface area contributed by atoms with Crippen LogP contribution in [0.25, 0.3) is 0 Å². The maximum absolute atomic E-state index is 6.11. The van der Waals surface area contributed by atoms with E-state index < -0.39 is 0 Å². The SMILES string of the molecule is Cc1nn(C2CCN(C(C)C)CC2)c(N)c1I. The molecule has 1 saturated heterocycles. The summed E-state index contributed by atoms with van der Waals surface area (Å²) in [5, 5.41) is 4.57. The number of nitrogens with zero attached hydrogens (tertiary/aromatic N) is 3. The van der Waals surface area contributed by atoms with Gasteiger partial charge in [0.05, 0.1) is 15.3 Å². The molecule has 96 valence electrons. The van der Waals surface area contributed by atoms with Crippen molar-refractivity contribution in [3.05, 3.63) is 9.26 Å². The Hall–Kier alpha value is -0.300. The van der Waals surface area contributed by atoms with Crippen LogP contribution in [-0.2, 0) is 0 Å². The molecule has 0 aliphatic carbocycles. The summed E-state index contributed by atoms with van der Waals surface area (Å²) in [4.78, 5) is 2.52. The fourth-order valence-corrected chi connectivity index (χ4v) is 2.83. The molecule has 0 atom stereocenters. The quantitative estimate of drug-likeness (QED) is 0.835. The van der Waals surface area contributed by atoms with Crippen LogP contribution in [0.15, 0.2) is 0 Å². The smallest absolute Gasteiger partial charge is 0.135 e. The molecule has 0 bridgehead atoms. The second-order valence-corrected chi connectivity index (χ2v) is 6.17. The van der Waals surface area contributed by atoms with Gasteiger partial charge in [-0.15, -0.1) is 0 Å². The second kappa shape index (κ2) is 5.14. The Labute approximate surface area is 117 Å². The van der Waals surface area contributed by atoms with Gasteiger partial charge in [0, 0.05) is 19.1 Å². The van der Waals surface area contributed by atoms with Crippen molar-refractivity contribution < 1.29 is 0 Å². The van der Waals surface area contributed by atoms with Crippen LogP contribution >= 0.6 is 22.6 Å². The first-order chi connectivity index (χ1) is 8.00. The summed E-state index contributed by atoms with van der Waals surface area (Å²) in [6.07, 6.45) is 2.30. The van der Waals surface area contributed by atoms with E-state index in [4.69, 9.17) is 5.73 Å².